The summed E-state index contributed by atoms with van der Waals surface area (Å²) < 4.78 is 0. The predicted octanol–water partition coefficient (Wildman–Crippen LogP) is -0.100. The number of β-amino-alcohol motifs (C(OH)–C–C–N with tert-alkyl or cyclic N) is 2. The Hall–Kier alpha value is -0.160. The molecule has 16 heavy (non-hydrogen) atoms. The first kappa shape index (κ1) is 12.3. The molecule has 4 heteroatoms. The highest BCUT2D eigenvalue weighted by Crippen LogP contribution is 2.12. The molecule has 2 atom stereocenters. The van der Waals surface area contributed by atoms with Crippen molar-refractivity contribution in [2.45, 2.75) is 37.9 Å². The van der Waals surface area contributed by atoms with Crippen LogP contribution in [0.1, 0.15) is 25.7 Å². The summed E-state index contributed by atoms with van der Waals surface area (Å²) in [7, 11) is 0. The second kappa shape index (κ2) is 5.96. The lowest BCUT2D eigenvalue weighted by Gasteiger charge is -2.26. The van der Waals surface area contributed by atoms with E-state index in [-0.39, 0.29) is 0 Å². The van der Waals surface area contributed by atoms with Gasteiger partial charge in [-0.05, 0) is 51.9 Å². The van der Waals surface area contributed by atoms with Gasteiger partial charge in [-0.1, -0.05) is 0 Å². The van der Waals surface area contributed by atoms with Crippen LogP contribution in [0.2, 0.25) is 0 Å². The SMILES string of the molecule is O[C@@H](CN1CCCC1)[C@@H](O)CN1CCCC1. The van der Waals surface area contributed by atoms with Gasteiger partial charge in [-0.15, -0.1) is 0 Å². The largest absolute Gasteiger partial charge is 0.389 e. The van der Waals surface area contributed by atoms with Gasteiger partial charge in [0.2, 0.25) is 0 Å². The number of hydrogen-bond donors (Lipinski definition) is 2. The van der Waals surface area contributed by atoms with Gasteiger partial charge in [0.1, 0.15) is 0 Å². The van der Waals surface area contributed by atoms with Crippen molar-refractivity contribution in [3.8, 4) is 0 Å². The summed E-state index contributed by atoms with van der Waals surface area (Å²) in [5, 5.41) is 19.8. The van der Waals surface area contributed by atoms with Crippen molar-refractivity contribution in [3.05, 3.63) is 0 Å². The van der Waals surface area contributed by atoms with Crippen LogP contribution < -0.4 is 0 Å². The highest BCUT2D eigenvalue weighted by Gasteiger charge is 2.24. The van der Waals surface area contributed by atoms with Gasteiger partial charge >= 0.3 is 0 Å². The van der Waals surface area contributed by atoms with Crippen LogP contribution in [0.4, 0.5) is 0 Å². The van der Waals surface area contributed by atoms with Crippen LogP contribution in [-0.2, 0) is 0 Å². The van der Waals surface area contributed by atoms with Gasteiger partial charge < -0.3 is 20.0 Å². The summed E-state index contributed by atoms with van der Waals surface area (Å²) >= 11 is 0. The minimum Gasteiger partial charge on any atom is -0.389 e. The summed E-state index contributed by atoms with van der Waals surface area (Å²) in [6.07, 6.45) is 3.76. The molecule has 0 bridgehead atoms. The van der Waals surface area contributed by atoms with Crippen LogP contribution in [0.25, 0.3) is 0 Å². The Labute approximate surface area is 97.9 Å². The van der Waals surface area contributed by atoms with Gasteiger partial charge in [0.05, 0.1) is 12.2 Å². The molecule has 0 amide bonds. The summed E-state index contributed by atoms with van der Waals surface area (Å²) in [5.41, 5.74) is 0. The van der Waals surface area contributed by atoms with E-state index in [2.05, 4.69) is 9.80 Å². The van der Waals surface area contributed by atoms with Crippen LogP contribution in [0, 0.1) is 0 Å². The monoisotopic (exact) mass is 228 g/mol. The van der Waals surface area contributed by atoms with Gasteiger partial charge in [-0.3, -0.25) is 0 Å². The molecule has 2 N–H and O–H groups in total. The predicted molar refractivity (Wildman–Crippen MR) is 63.4 cm³/mol. The molecule has 2 rings (SSSR count). The van der Waals surface area contributed by atoms with Crippen LogP contribution in [0.3, 0.4) is 0 Å². The van der Waals surface area contributed by atoms with Gasteiger partial charge in [0.25, 0.3) is 0 Å². The van der Waals surface area contributed by atoms with Crippen molar-refractivity contribution in [3.63, 3.8) is 0 Å². The van der Waals surface area contributed by atoms with Gasteiger partial charge in [0.15, 0.2) is 0 Å². The first-order valence-electron chi connectivity index (χ1n) is 6.56. The maximum absolute atomic E-state index is 9.92. The molecule has 0 unspecified atom stereocenters. The van der Waals surface area contributed by atoms with Crippen LogP contribution in [0.5, 0.6) is 0 Å². The molecule has 2 fully saturated rings. The minimum atomic E-state index is -0.585. The molecule has 0 aromatic heterocycles. The Balaban J connectivity index is 1.68. The lowest BCUT2D eigenvalue weighted by molar-refractivity contribution is -0.0133. The van der Waals surface area contributed by atoms with E-state index in [0.29, 0.717) is 13.1 Å². The number of rotatable bonds is 5. The number of aliphatic hydroxyl groups is 2. The maximum Gasteiger partial charge on any atom is 0.0938 e. The fourth-order valence-corrected chi connectivity index (χ4v) is 2.70. The standard InChI is InChI=1S/C12H24N2O2/c15-11(9-13-5-1-2-6-13)12(16)10-14-7-3-4-8-14/h11-12,15-16H,1-10H2/t11-,12-/m0/s1. The van der Waals surface area contributed by atoms with Crippen molar-refractivity contribution in [2.75, 3.05) is 39.3 Å². The van der Waals surface area contributed by atoms with Crippen molar-refractivity contribution in [2.24, 2.45) is 0 Å². The number of nitrogens with zero attached hydrogens (tertiary/aromatic N) is 2. The third-order valence-electron chi connectivity index (χ3n) is 3.73. The van der Waals surface area contributed by atoms with Crippen molar-refractivity contribution >= 4 is 0 Å². The zero-order valence-electron chi connectivity index (χ0n) is 10.0. The Morgan fingerprint density at radius 3 is 1.31 bits per heavy atom. The zero-order valence-corrected chi connectivity index (χ0v) is 10.0. The van der Waals surface area contributed by atoms with E-state index in [1.807, 2.05) is 0 Å². The number of aliphatic hydroxyl groups excluding tert-OH is 2. The topological polar surface area (TPSA) is 46.9 Å². The number of hydrogen-bond acceptors (Lipinski definition) is 4. The second-order valence-electron chi connectivity index (χ2n) is 5.15. The Kier molecular flexibility index (Phi) is 4.58. The molecule has 0 aliphatic carbocycles. The Bertz CT molecular complexity index is 179. The Morgan fingerprint density at radius 2 is 1.00 bits per heavy atom. The average molecular weight is 228 g/mol. The van der Waals surface area contributed by atoms with E-state index in [9.17, 15) is 10.2 Å². The highest BCUT2D eigenvalue weighted by atomic mass is 16.3. The fraction of sp³-hybridized carbons (Fsp3) is 1.00. The third kappa shape index (κ3) is 3.42. The molecule has 0 radical (unpaired) electrons. The van der Waals surface area contributed by atoms with Gasteiger partial charge in [0, 0.05) is 13.1 Å². The van der Waals surface area contributed by atoms with Gasteiger partial charge in [-0.2, -0.15) is 0 Å². The summed E-state index contributed by atoms with van der Waals surface area (Å²) in [5.74, 6) is 0. The molecule has 94 valence electrons. The summed E-state index contributed by atoms with van der Waals surface area (Å²) in [4.78, 5) is 4.50. The molecular weight excluding hydrogens is 204 g/mol. The Morgan fingerprint density at radius 1 is 0.688 bits per heavy atom. The van der Waals surface area contributed by atoms with E-state index >= 15 is 0 Å². The molecule has 2 saturated heterocycles. The van der Waals surface area contributed by atoms with Crippen LogP contribution >= 0.6 is 0 Å². The van der Waals surface area contributed by atoms with Crippen molar-refractivity contribution < 1.29 is 10.2 Å². The lowest BCUT2D eigenvalue weighted by Crippen LogP contribution is -2.43. The summed E-state index contributed by atoms with van der Waals surface area (Å²) in [6.45, 7) is 5.58. The van der Waals surface area contributed by atoms with E-state index in [0.717, 1.165) is 26.2 Å². The molecule has 0 saturated carbocycles. The minimum absolute atomic E-state index is 0.585. The van der Waals surface area contributed by atoms with Crippen LogP contribution in [-0.4, -0.2) is 71.5 Å². The first-order chi connectivity index (χ1) is 7.75. The second-order valence-corrected chi connectivity index (χ2v) is 5.15. The van der Waals surface area contributed by atoms with Crippen molar-refractivity contribution in [1.82, 2.24) is 9.80 Å². The van der Waals surface area contributed by atoms with Crippen LogP contribution in [0.15, 0.2) is 0 Å². The molecule has 0 aromatic carbocycles. The van der Waals surface area contributed by atoms with Crippen molar-refractivity contribution in [1.29, 1.82) is 0 Å². The summed E-state index contributed by atoms with van der Waals surface area (Å²) in [6, 6.07) is 0. The fourth-order valence-electron chi connectivity index (χ4n) is 2.70. The van der Waals surface area contributed by atoms with E-state index in [4.69, 9.17) is 0 Å². The van der Waals surface area contributed by atoms with Gasteiger partial charge in [-0.25, -0.2) is 0 Å². The molecule has 0 spiro atoms. The molecule has 4 nitrogen and oxygen atoms in total. The van der Waals surface area contributed by atoms with E-state index in [1.165, 1.54) is 25.7 Å². The molecule has 2 aliphatic rings. The third-order valence-corrected chi connectivity index (χ3v) is 3.73. The number of likely N-dealkylation sites (tertiary alicyclic amines) is 2. The average Bonchev–Trinajstić information content (AvgIpc) is 2.90. The smallest absolute Gasteiger partial charge is 0.0938 e. The first-order valence-corrected chi connectivity index (χ1v) is 6.56. The molecule has 2 aliphatic heterocycles. The molecule has 2 heterocycles. The highest BCUT2D eigenvalue weighted by molar-refractivity contribution is 4.79. The normalized spacial score (nSPS) is 27.4. The zero-order chi connectivity index (χ0) is 11.4. The van der Waals surface area contributed by atoms with E-state index < -0.39 is 12.2 Å². The lowest BCUT2D eigenvalue weighted by atomic mass is 10.2. The molecular formula is C12H24N2O2. The quantitative estimate of drug-likeness (QED) is 0.690. The molecule has 0 aromatic rings. The van der Waals surface area contributed by atoms with E-state index in [1.54, 1.807) is 0 Å². The maximum atomic E-state index is 9.92.